The minimum absolute atomic E-state index is 0.00301. The molecule has 2 atom stereocenters. The highest BCUT2D eigenvalue weighted by molar-refractivity contribution is 5.87. The predicted molar refractivity (Wildman–Crippen MR) is 113 cm³/mol. The zero-order chi connectivity index (χ0) is 18.7. The average Bonchev–Trinajstić information content (AvgIpc) is 3.13. The summed E-state index contributed by atoms with van der Waals surface area (Å²) in [6, 6.07) is 8.97. The SMILES string of the molecule is CC1C=C(C(C)(C)C2=C3C=CC=CC3c3ccccc32)C=C1C(C)(C)C. The van der Waals surface area contributed by atoms with E-state index in [2.05, 4.69) is 102 Å². The third kappa shape index (κ3) is 2.50. The van der Waals surface area contributed by atoms with Gasteiger partial charge < -0.3 is 0 Å². The van der Waals surface area contributed by atoms with Gasteiger partial charge >= 0.3 is 0 Å². The van der Waals surface area contributed by atoms with Crippen molar-refractivity contribution >= 4 is 5.57 Å². The van der Waals surface area contributed by atoms with E-state index in [0.29, 0.717) is 11.8 Å². The third-order valence-corrected chi connectivity index (χ3v) is 6.32. The Morgan fingerprint density at radius 1 is 0.923 bits per heavy atom. The molecule has 26 heavy (non-hydrogen) atoms. The number of hydrogen-bond donors (Lipinski definition) is 0. The van der Waals surface area contributed by atoms with Gasteiger partial charge in [0, 0.05) is 11.3 Å². The molecule has 0 bridgehead atoms. The summed E-state index contributed by atoms with van der Waals surface area (Å²) in [5.74, 6) is 0.931. The lowest BCUT2D eigenvalue weighted by atomic mass is 9.73. The fourth-order valence-corrected chi connectivity index (χ4v) is 5.04. The van der Waals surface area contributed by atoms with Crippen molar-refractivity contribution in [2.75, 3.05) is 0 Å². The van der Waals surface area contributed by atoms with E-state index in [0.717, 1.165) is 0 Å². The summed E-state index contributed by atoms with van der Waals surface area (Å²) in [4.78, 5) is 0. The van der Waals surface area contributed by atoms with Gasteiger partial charge in [0.25, 0.3) is 0 Å². The van der Waals surface area contributed by atoms with Gasteiger partial charge in [-0.25, -0.2) is 0 Å². The van der Waals surface area contributed by atoms with Crippen LogP contribution in [0.3, 0.4) is 0 Å². The molecule has 0 radical (unpaired) electrons. The van der Waals surface area contributed by atoms with Crippen molar-refractivity contribution in [1.82, 2.24) is 0 Å². The molecule has 0 amide bonds. The van der Waals surface area contributed by atoms with Crippen LogP contribution >= 0.6 is 0 Å². The van der Waals surface area contributed by atoms with E-state index in [1.165, 1.54) is 27.8 Å². The monoisotopic (exact) mass is 342 g/mol. The van der Waals surface area contributed by atoms with Crippen molar-refractivity contribution in [2.45, 2.75) is 47.5 Å². The minimum atomic E-state index is -0.00301. The molecule has 3 aliphatic carbocycles. The molecular formula is C26H30. The number of hydrogen-bond acceptors (Lipinski definition) is 0. The van der Waals surface area contributed by atoms with Crippen molar-refractivity contribution in [3.8, 4) is 0 Å². The normalized spacial score (nSPS) is 24.5. The summed E-state index contributed by atoms with van der Waals surface area (Å²) in [7, 11) is 0. The summed E-state index contributed by atoms with van der Waals surface area (Å²) in [5, 5.41) is 0. The van der Waals surface area contributed by atoms with Crippen molar-refractivity contribution in [3.63, 3.8) is 0 Å². The quantitative estimate of drug-likeness (QED) is 0.531. The maximum atomic E-state index is 2.49. The second-order valence-corrected chi connectivity index (χ2v) is 9.52. The smallest absolute Gasteiger partial charge is 0.0281 e. The highest BCUT2D eigenvalue weighted by atomic mass is 14.4. The van der Waals surface area contributed by atoms with Gasteiger partial charge in [-0.15, -0.1) is 0 Å². The molecule has 134 valence electrons. The Morgan fingerprint density at radius 2 is 1.65 bits per heavy atom. The van der Waals surface area contributed by atoms with Crippen LogP contribution in [0.15, 0.2) is 77.4 Å². The van der Waals surface area contributed by atoms with Crippen molar-refractivity contribution in [1.29, 1.82) is 0 Å². The van der Waals surface area contributed by atoms with Gasteiger partial charge in [0.15, 0.2) is 0 Å². The van der Waals surface area contributed by atoms with Gasteiger partial charge in [0.05, 0.1) is 0 Å². The van der Waals surface area contributed by atoms with E-state index >= 15 is 0 Å². The van der Waals surface area contributed by atoms with Crippen molar-refractivity contribution in [3.05, 3.63) is 88.6 Å². The Hall–Kier alpha value is -2.08. The Balaban J connectivity index is 1.86. The second kappa shape index (κ2) is 5.71. The van der Waals surface area contributed by atoms with Gasteiger partial charge in [-0.05, 0) is 39.2 Å². The zero-order valence-corrected chi connectivity index (χ0v) is 16.9. The summed E-state index contributed by atoms with van der Waals surface area (Å²) >= 11 is 0. The van der Waals surface area contributed by atoms with E-state index in [1.807, 2.05) is 0 Å². The van der Waals surface area contributed by atoms with Crippen LogP contribution in [0.1, 0.15) is 58.6 Å². The van der Waals surface area contributed by atoms with Crippen LogP contribution in [-0.2, 0) is 0 Å². The Labute approximate surface area is 158 Å². The topological polar surface area (TPSA) is 0 Å². The highest BCUT2D eigenvalue weighted by Crippen LogP contribution is 2.55. The molecular weight excluding hydrogens is 312 g/mol. The lowest BCUT2D eigenvalue weighted by Gasteiger charge is -2.30. The summed E-state index contributed by atoms with van der Waals surface area (Å²) in [6.07, 6.45) is 14.0. The minimum Gasteiger partial charge on any atom is -0.0735 e. The van der Waals surface area contributed by atoms with Crippen LogP contribution in [-0.4, -0.2) is 0 Å². The number of fused-ring (bicyclic) bond motifs is 3. The first kappa shape index (κ1) is 17.3. The second-order valence-electron chi connectivity index (χ2n) is 9.52. The van der Waals surface area contributed by atoms with Gasteiger partial charge in [-0.1, -0.05) is 108 Å². The predicted octanol–water partition coefficient (Wildman–Crippen LogP) is 7.24. The molecule has 3 aliphatic rings. The van der Waals surface area contributed by atoms with Gasteiger partial charge in [-0.3, -0.25) is 0 Å². The molecule has 0 saturated heterocycles. The Kier molecular flexibility index (Phi) is 3.81. The molecule has 0 aromatic heterocycles. The van der Waals surface area contributed by atoms with E-state index in [4.69, 9.17) is 0 Å². The Morgan fingerprint density at radius 3 is 2.35 bits per heavy atom. The van der Waals surface area contributed by atoms with Crippen LogP contribution in [0.2, 0.25) is 0 Å². The van der Waals surface area contributed by atoms with Crippen LogP contribution in [0, 0.1) is 16.7 Å². The average molecular weight is 343 g/mol. The Bertz CT molecular complexity index is 904. The molecule has 0 fully saturated rings. The molecule has 0 heteroatoms. The zero-order valence-electron chi connectivity index (χ0n) is 16.9. The first-order chi connectivity index (χ1) is 12.2. The molecule has 4 rings (SSSR count). The molecule has 2 unspecified atom stereocenters. The van der Waals surface area contributed by atoms with Crippen LogP contribution < -0.4 is 0 Å². The largest absolute Gasteiger partial charge is 0.0735 e. The molecule has 0 saturated carbocycles. The molecule has 0 heterocycles. The first-order valence-electron chi connectivity index (χ1n) is 9.84. The summed E-state index contributed by atoms with van der Waals surface area (Å²) < 4.78 is 0. The van der Waals surface area contributed by atoms with Gasteiger partial charge in [0.1, 0.15) is 0 Å². The van der Waals surface area contributed by atoms with Crippen molar-refractivity contribution in [2.24, 2.45) is 16.7 Å². The third-order valence-electron chi connectivity index (χ3n) is 6.32. The maximum absolute atomic E-state index is 2.49. The number of allylic oxidation sites excluding steroid dienone is 10. The van der Waals surface area contributed by atoms with Gasteiger partial charge in [0.2, 0.25) is 0 Å². The van der Waals surface area contributed by atoms with E-state index in [9.17, 15) is 0 Å². The molecule has 0 N–H and O–H groups in total. The van der Waals surface area contributed by atoms with Crippen LogP contribution in [0.4, 0.5) is 0 Å². The molecule has 1 aromatic rings. The van der Waals surface area contributed by atoms with E-state index in [-0.39, 0.29) is 10.8 Å². The van der Waals surface area contributed by atoms with Crippen LogP contribution in [0.5, 0.6) is 0 Å². The highest BCUT2D eigenvalue weighted by Gasteiger charge is 2.40. The van der Waals surface area contributed by atoms with Gasteiger partial charge in [-0.2, -0.15) is 0 Å². The molecule has 0 nitrogen and oxygen atoms in total. The maximum Gasteiger partial charge on any atom is 0.0281 e. The molecule has 0 spiro atoms. The van der Waals surface area contributed by atoms with E-state index in [1.54, 1.807) is 5.57 Å². The lowest BCUT2D eigenvalue weighted by Crippen LogP contribution is -2.16. The first-order valence-corrected chi connectivity index (χ1v) is 9.84. The number of benzene rings is 1. The molecule has 0 aliphatic heterocycles. The number of rotatable bonds is 2. The summed E-state index contributed by atoms with van der Waals surface area (Å²) in [6.45, 7) is 14.1. The fraction of sp³-hybridized carbons (Fsp3) is 0.385. The standard InChI is InChI=1S/C26H30/c1-17-15-18(16-23(17)25(2,3)4)26(5,6)24-21-13-9-7-11-19(21)20-12-8-10-14-22(20)24/h7-17,19H,1-6H3. The molecule has 1 aromatic carbocycles. The lowest BCUT2D eigenvalue weighted by molar-refractivity contribution is 0.466. The van der Waals surface area contributed by atoms with Crippen LogP contribution in [0.25, 0.3) is 5.57 Å². The van der Waals surface area contributed by atoms with Crippen molar-refractivity contribution < 1.29 is 0 Å². The van der Waals surface area contributed by atoms with E-state index < -0.39 is 0 Å². The summed E-state index contributed by atoms with van der Waals surface area (Å²) in [5.41, 5.74) is 9.10. The fourth-order valence-electron chi connectivity index (χ4n) is 5.04.